The Morgan fingerprint density at radius 2 is 2.00 bits per heavy atom. The summed E-state index contributed by atoms with van der Waals surface area (Å²) >= 11 is 0. The zero-order valence-electron chi connectivity index (χ0n) is 5.06. The minimum Gasteiger partial charge on any atom is -0.430 e. The van der Waals surface area contributed by atoms with Crippen molar-refractivity contribution >= 4 is 8.32 Å². The first-order valence-corrected chi connectivity index (χ1v) is 5.43. The summed E-state index contributed by atoms with van der Waals surface area (Å²) in [6, 6.07) is 0. The highest BCUT2D eigenvalue weighted by Crippen LogP contribution is 1.93. The Morgan fingerprint density at radius 3 is 2.00 bits per heavy atom. The molecule has 2 nitrogen and oxygen atoms in total. The molecular formula is C4H12O2Si. The molecule has 0 radical (unpaired) electrons. The molecule has 1 N–H and O–H groups in total. The Kier molecular flexibility index (Phi) is 2.49. The predicted octanol–water partition coefficient (Wildman–Crippen LogP) is 0.369. The summed E-state index contributed by atoms with van der Waals surface area (Å²) in [6.07, 6.45) is 0.535. The first-order chi connectivity index (χ1) is 3.06. The molecule has 0 saturated heterocycles. The van der Waals surface area contributed by atoms with Gasteiger partial charge in [0.15, 0.2) is 0 Å². The van der Waals surface area contributed by atoms with Crippen molar-refractivity contribution in [1.29, 1.82) is 0 Å². The van der Waals surface area contributed by atoms with Gasteiger partial charge < -0.3 is 9.53 Å². The number of hydrogen-bond acceptors (Lipinski definition) is 2. The molecule has 0 amide bonds. The van der Waals surface area contributed by atoms with E-state index in [-0.39, 0.29) is 0 Å². The lowest BCUT2D eigenvalue weighted by atomic mass is 11.5. The van der Waals surface area contributed by atoms with Gasteiger partial charge in [0, 0.05) is 7.11 Å². The molecule has 0 fully saturated rings. The monoisotopic (exact) mass is 120 g/mol. The molecule has 0 bridgehead atoms. The average Bonchev–Trinajstić information content (AvgIpc) is 1.30. The van der Waals surface area contributed by atoms with E-state index < -0.39 is 8.32 Å². The fourth-order valence-corrected chi connectivity index (χ4v) is 1.06. The molecular weight excluding hydrogens is 108 g/mol. The fraction of sp³-hybridized carbons (Fsp3) is 1.00. The molecule has 0 aliphatic heterocycles. The zero-order chi connectivity index (χ0) is 5.91. The van der Waals surface area contributed by atoms with Crippen LogP contribution < -0.4 is 0 Å². The molecule has 0 saturated carbocycles. The van der Waals surface area contributed by atoms with Gasteiger partial charge in [0.1, 0.15) is 0 Å². The quantitative estimate of drug-likeness (QED) is 0.533. The van der Waals surface area contributed by atoms with Crippen molar-refractivity contribution in [2.45, 2.75) is 13.1 Å². The molecule has 0 aliphatic carbocycles. The van der Waals surface area contributed by atoms with E-state index in [2.05, 4.69) is 0 Å². The van der Waals surface area contributed by atoms with E-state index in [1.165, 1.54) is 0 Å². The summed E-state index contributed by atoms with van der Waals surface area (Å²) in [4.78, 5) is 9.03. The Morgan fingerprint density at radius 1 is 1.57 bits per heavy atom. The summed E-state index contributed by atoms with van der Waals surface area (Å²) in [5, 5.41) is 0. The minimum atomic E-state index is -1.88. The van der Waals surface area contributed by atoms with Gasteiger partial charge in [-0.2, -0.15) is 0 Å². The molecule has 44 valence electrons. The molecule has 0 aromatic rings. The van der Waals surface area contributed by atoms with Crippen molar-refractivity contribution in [1.82, 2.24) is 0 Å². The molecule has 0 aromatic heterocycles. The Balaban J connectivity index is 3.15. The van der Waals surface area contributed by atoms with Crippen LogP contribution in [-0.4, -0.2) is 26.5 Å². The molecule has 0 unspecified atom stereocenters. The lowest BCUT2D eigenvalue weighted by molar-refractivity contribution is 0.232. The Bertz CT molecular complexity index is 48.1. The van der Waals surface area contributed by atoms with Crippen LogP contribution in [0, 0.1) is 0 Å². The molecule has 0 spiro atoms. The van der Waals surface area contributed by atoms with Gasteiger partial charge >= 0.3 is 0 Å². The molecule has 7 heavy (non-hydrogen) atoms. The lowest BCUT2D eigenvalue weighted by Gasteiger charge is -2.10. The standard InChI is InChI=1S/C4H12O2Si/c1-6-4-7(2,3)5/h5H,4H2,1-3H3. The molecule has 0 heterocycles. The Labute approximate surface area is 45.2 Å². The third kappa shape index (κ3) is 6.14. The average molecular weight is 120 g/mol. The van der Waals surface area contributed by atoms with Crippen LogP contribution >= 0.6 is 0 Å². The van der Waals surface area contributed by atoms with Gasteiger partial charge in [0.25, 0.3) is 0 Å². The van der Waals surface area contributed by atoms with Crippen LogP contribution in [0.5, 0.6) is 0 Å². The Hall–Kier alpha value is 0.137. The predicted molar refractivity (Wildman–Crippen MR) is 31.6 cm³/mol. The second-order valence-corrected chi connectivity index (χ2v) is 6.16. The highest BCUT2D eigenvalue weighted by molar-refractivity contribution is 6.69. The van der Waals surface area contributed by atoms with Crippen molar-refractivity contribution in [3.8, 4) is 0 Å². The van der Waals surface area contributed by atoms with E-state index in [0.717, 1.165) is 0 Å². The first-order valence-electron chi connectivity index (χ1n) is 2.27. The third-order valence-electron chi connectivity index (χ3n) is 0.498. The molecule has 0 aromatic carbocycles. The van der Waals surface area contributed by atoms with Crippen LogP contribution in [0.3, 0.4) is 0 Å². The van der Waals surface area contributed by atoms with Gasteiger partial charge in [0.2, 0.25) is 8.32 Å². The van der Waals surface area contributed by atoms with E-state index in [0.29, 0.717) is 6.23 Å². The largest absolute Gasteiger partial charge is 0.430 e. The van der Waals surface area contributed by atoms with Crippen LogP contribution in [0.15, 0.2) is 0 Å². The topological polar surface area (TPSA) is 29.5 Å². The van der Waals surface area contributed by atoms with E-state index in [4.69, 9.17) is 9.53 Å². The number of rotatable bonds is 2. The number of hydrogen-bond donors (Lipinski definition) is 1. The van der Waals surface area contributed by atoms with Gasteiger partial charge in [-0.15, -0.1) is 0 Å². The first kappa shape index (κ1) is 7.14. The molecule has 0 atom stereocenters. The normalized spacial score (nSPS) is 12.0. The van der Waals surface area contributed by atoms with Gasteiger partial charge in [0.05, 0.1) is 6.23 Å². The van der Waals surface area contributed by atoms with E-state index in [9.17, 15) is 0 Å². The SMILES string of the molecule is COC[Si](C)(C)O. The second-order valence-electron chi connectivity index (χ2n) is 2.25. The van der Waals surface area contributed by atoms with Gasteiger partial charge in [-0.05, 0) is 13.1 Å². The maximum Gasteiger partial charge on any atom is 0.207 e. The van der Waals surface area contributed by atoms with Crippen LogP contribution in [0.4, 0.5) is 0 Å². The van der Waals surface area contributed by atoms with Crippen molar-refractivity contribution in [3.05, 3.63) is 0 Å². The summed E-state index contributed by atoms with van der Waals surface area (Å²) in [5.74, 6) is 0. The summed E-state index contributed by atoms with van der Waals surface area (Å²) in [5.41, 5.74) is 0. The highest BCUT2D eigenvalue weighted by atomic mass is 28.4. The lowest BCUT2D eigenvalue weighted by Crippen LogP contribution is -2.31. The zero-order valence-corrected chi connectivity index (χ0v) is 6.06. The maximum absolute atomic E-state index is 9.03. The van der Waals surface area contributed by atoms with Gasteiger partial charge in [-0.25, -0.2) is 0 Å². The van der Waals surface area contributed by atoms with Gasteiger partial charge in [-0.1, -0.05) is 0 Å². The number of ether oxygens (including phenoxy) is 1. The van der Waals surface area contributed by atoms with Crippen LogP contribution in [0.1, 0.15) is 0 Å². The number of methoxy groups -OCH3 is 1. The fourth-order valence-electron chi connectivity index (χ4n) is 0.353. The maximum atomic E-state index is 9.03. The molecule has 0 rings (SSSR count). The second kappa shape index (κ2) is 2.45. The summed E-state index contributed by atoms with van der Waals surface area (Å²) in [7, 11) is -0.277. The van der Waals surface area contributed by atoms with E-state index in [1.54, 1.807) is 7.11 Å². The molecule has 0 aliphatic rings. The van der Waals surface area contributed by atoms with Crippen molar-refractivity contribution in [2.24, 2.45) is 0 Å². The van der Waals surface area contributed by atoms with Crippen LogP contribution in [-0.2, 0) is 4.74 Å². The smallest absolute Gasteiger partial charge is 0.207 e. The van der Waals surface area contributed by atoms with E-state index >= 15 is 0 Å². The van der Waals surface area contributed by atoms with Gasteiger partial charge in [-0.3, -0.25) is 0 Å². The molecule has 3 heteroatoms. The summed E-state index contributed by atoms with van der Waals surface area (Å²) in [6.45, 7) is 3.69. The minimum absolute atomic E-state index is 0.535. The van der Waals surface area contributed by atoms with Crippen molar-refractivity contribution < 1.29 is 9.53 Å². The third-order valence-corrected chi connectivity index (χ3v) is 1.49. The van der Waals surface area contributed by atoms with Crippen molar-refractivity contribution in [3.63, 3.8) is 0 Å². The van der Waals surface area contributed by atoms with E-state index in [1.807, 2.05) is 13.1 Å². The van der Waals surface area contributed by atoms with Crippen LogP contribution in [0.2, 0.25) is 13.1 Å². The van der Waals surface area contributed by atoms with Crippen molar-refractivity contribution in [2.75, 3.05) is 13.3 Å². The van der Waals surface area contributed by atoms with Crippen LogP contribution in [0.25, 0.3) is 0 Å². The summed E-state index contributed by atoms with van der Waals surface area (Å²) < 4.78 is 4.72. The highest BCUT2D eigenvalue weighted by Gasteiger charge is 2.14.